The Morgan fingerprint density at radius 3 is 2.88 bits per heavy atom. The highest BCUT2D eigenvalue weighted by Gasteiger charge is 2.26. The first-order valence-electron chi connectivity index (χ1n) is 9.56. The van der Waals surface area contributed by atoms with E-state index in [9.17, 15) is 9.59 Å². The molecule has 0 saturated carbocycles. The van der Waals surface area contributed by atoms with Crippen molar-refractivity contribution in [2.45, 2.75) is 57.7 Å². The minimum atomic E-state index is -0.212. The number of aryl methyl sites for hydroxylation is 2. The van der Waals surface area contributed by atoms with Gasteiger partial charge in [0.05, 0.1) is 12.2 Å². The number of aromatic nitrogens is 4. The van der Waals surface area contributed by atoms with Crippen molar-refractivity contribution in [3.63, 3.8) is 0 Å². The lowest BCUT2D eigenvalue weighted by atomic mass is 9.97. The predicted molar refractivity (Wildman–Crippen MR) is 98.2 cm³/mol. The maximum absolute atomic E-state index is 12.4. The average Bonchev–Trinajstić information content (AvgIpc) is 3.09. The second-order valence-electron chi connectivity index (χ2n) is 7.27. The molecule has 3 heterocycles. The summed E-state index contributed by atoms with van der Waals surface area (Å²) in [4.78, 5) is 30.4. The van der Waals surface area contributed by atoms with Crippen LogP contribution in [0, 0.1) is 0 Å². The molecule has 1 fully saturated rings. The van der Waals surface area contributed by atoms with Crippen LogP contribution >= 0.6 is 0 Å². The summed E-state index contributed by atoms with van der Waals surface area (Å²) >= 11 is 0. The van der Waals surface area contributed by atoms with E-state index in [1.165, 1.54) is 6.20 Å². The van der Waals surface area contributed by atoms with E-state index in [-0.39, 0.29) is 11.2 Å². The van der Waals surface area contributed by atoms with Gasteiger partial charge < -0.3 is 0 Å². The van der Waals surface area contributed by atoms with Crippen LogP contribution in [-0.4, -0.2) is 43.4 Å². The second kappa shape index (κ2) is 7.53. The predicted octanol–water partition coefficient (Wildman–Crippen LogP) is 0.843. The van der Waals surface area contributed by atoms with Crippen LogP contribution in [0.25, 0.3) is 0 Å². The molecule has 0 radical (unpaired) electrons. The van der Waals surface area contributed by atoms with Crippen molar-refractivity contribution in [2.75, 3.05) is 13.1 Å². The molecule has 1 unspecified atom stereocenters. The second-order valence-corrected chi connectivity index (χ2v) is 7.27. The van der Waals surface area contributed by atoms with E-state index in [2.05, 4.69) is 15.0 Å². The number of hydrogen-bond acceptors (Lipinski definition) is 5. The van der Waals surface area contributed by atoms with Crippen LogP contribution in [0.5, 0.6) is 0 Å². The lowest BCUT2D eigenvalue weighted by Gasteiger charge is -2.25. The molecule has 0 aromatic carbocycles. The average molecular weight is 355 g/mol. The van der Waals surface area contributed by atoms with Crippen molar-refractivity contribution in [3.05, 3.63) is 56.6 Å². The topological polar surface area (TPSA) is 73.0 Å². The highest BCUT2D eigenvalue weighted by Crippen LogP contribution is 2.20. The first-order chi connectivity index (χ1) is 12.7. The first kappa shape index (κ1) is 17.1. The third-order valence-corrected chi connectivity index (χ3v) is 5.57. The van der Waals surface area contributed by atoms with Crippen molar-refractivity contribution >= 4 is 0 Å². The van der Waals surface area contributed by atoms with Crippen molar-refractivity contribution < 1.29 is 0 Å². The fourth-order valence-electron chi connectivity index (χ4n) is 4.12. The van der Waals surface area contributed by atoms with Gasteiger partial charge in [-0.25, -0.2) is 14.5 Å². The maximum Gasteiger partial charge on any atom is 0.347 e. The highest BCUT2D eigenvalue weighted by molar-refractivity contribution is 5.20. The standard InChI is InChI=1S/C19H25N5O2/c25-18-13-15-5-1-2-7-17(15)21-24(18)14-16-6-3-9-22(16)11-12-23-10-4-8-20-19(23)26/h4,8,10,13,16H,1-3,5-7,9,11-12,14H2. The molecule has 7 nitrogen and oxygen atoms in total. The van der Waals surface area contributed by atoms with Crippen molar-refractivity contribution in [3.8, 4) is 0 Å². The minimum absolute atomic E-state index is 0.0148. The van der Waals surface area contributed by atoms with Crippen molar-refractivity contribution in [1.29, 1.82) is 0 Å². The molecule has 1 aliphatic heterocycles. The van der Waals surface area contributed by atoms with Crippen molar-refractivity contribution in [1.82, 2.24) is 24.2 Å². The zero-order chi connectivity index (χ0) is 17.9. The molecule has 2 aromatic rings. The van der Waals surface area contributed by atoms with Gasteiger partial charge in [0, 0.05) is 37.6 Å². The number of likely N-dealkylation sites (tertiary alicyclic amines) is 1. The van der Waals surface area contributed by atoms with Crippen LogP contribution in [0.3, 0.4) is 0 Å². The monoisotopic (exact) mass is 355 g/mol. The van der Waals surface area contributed by atoms with Crippen LogP contribution in [0.2, 0.25) is 0 Å². The van der Waals surface area contributed by atoms with Gasteiger partial charge in [-0.3, -0.25) is 14.3 Å². The summed E-state index contributed by atoms with van der Waals surface area (Å²) in [5, 5.41) is 4.66. The number of hydrogen-bond donors (Lipinski definition) is 0. The minimum Gasteiger partial charge on any atom is -0.298 e. The van der Waals surface area contributed by atoms with E-state index >= 15 is 0 Å². The Hall–Kier alpha value is -2.28. The van der Waals surface area contributed by atoms with Gasteiger partial charge in [-0.05, 0) is 56.7 Å². The Kier molecular flexibility index (Phi) is 4.97. The largest absolute Gasteiger partial charge is 0.347 e. The van der Waals surface area contributed by atoms with Gasteiger partial charge in [0.2, 0.25) is 0 Å². The zero-order valence-corrected chi connectivity index (χ0v) is 15.0. The van der Waals surface area contributed by atoms with Gasteiger partial charge in [0.1, 0.15) is 0 Å². The molecular weight excluding hydrogens is 330 g/mol. The Bertz CT molecular complexity index is 888. The Balaban J connectivity index is 1.45. The van der Waals surface area contributed by atoms with Gasteiger partial charge in [0.15, 0.2) is 0 Å². The summed E-state index contributed by atoms with van der Waals surface area (Å²) in [6.07, 6.45) is 9.75. The molecule has 0 spiro atoms. The first-order valence-corrected chi connectivity index (χ1v) is 9.56. The molecule has 4 rings (SSSR count). The number of rotatable bonds is 5. The third-order valence-electron chi connectivity index (χ3n) is 5.57. The van der Waals surface area contributed by atoms with Gasteiger partial charge >= 0.3 is 5.69 Å². The molecule has 26 heavy (non-hydrogen) atoms. The van der Waals surface area contributed by atoms with Crippen LogP contribution < -0.4 is 11.2 Å². The molecule has 1 aliphatic carbocycles. The van der Waals surface area contributed by atoms with E-state index in [4.69, 9.17) is 0 Å². The summed E-state index contributed by atoms with van der Waals surface area (Å²) in [6, 6.07) is 3.87. The van der Waals surface area contributed by atoms with Gasteiger partial charge in [-0.2, -0.15) is 5.10 Å². The van der Waals surface area contributed by atoms with E-state index in [0.29, 0.717) is 19.1 Å². The molecule has 2 aromatic heterocycles. The Morgan fingerprint density at radius 2 is 2.00 bits per heavy atom. The maximum atomic E-state index is 12.4. The summed E-state index contributed by atoms with van der Waals surface area (Å²) in [5.41, 5.74) is 2.04. The van der Waals surface area contributed by atoms with Crippen LogP contribution in [0.15, 0.2) is 34.1 Å². The molecule has 1 atom stereocenters. The van der Waals surface area contributed by atoms with Crippen LogP contribution in [-0.2, 0) is 25.9 Å². The molecular formula is C19H25N5O2. The summed E-state index contributed by atoms with van der Waals surface area (Å²) < 4.78 is 3.29. The quantitative estimate of drug-likeness (QED) is 0.795. The lowest BCUT2D eigenvalue weighted by Crippen LogP contribution is -2.40. The molecule has 7 heteroatoms. The fourth-order valence-corrected chi connectivity index (χ4v) is 4.12. The SMILES string of the molecule is O=c1ncccn1CCN1CCCC1Cn1nc2c(cc1=O)CCCC2. The smallest absolute Gasteiger partial charge is 0.298 e. The lowest BCUT2D eigenvalue weighted by molar-refractivity contribution is 0.215. The third kappa shape index (κ3) is 3.62. The van der Waals surface area contributed by atoms with E-state index in [1.807, 2.05) is 0 Å². The molecule has 2 aliphatic rings. The number of fused-ring (bicyclic) bond motifs is 1. The van der Waals surface area contributed by atoms with E-state index in [1.54, 1.807) is 27.6 Å². The Morgan fingerprint density at radius 1 is 1.12 bits per heavy atom. The van der Waals surface area contributed by atoms with Gasteiger partial charge in [-0.1, -0.05) is 0 Å². The summed E-state index contributed by atoms with van der Waals surface area (Å²) in [7, 11) is 0. The molecule has 0 N–H and O–H groups in total. The van der Waals surface area contributed by atoms with E-state index < -0.39 is 0 Å². The number of nitrogens with zero attached hydrogens (tertiary/aromatic N) is 5. The summed E-state index contributed by atoms with van der Waals surface area (Å²) in [6.45, 7) is 3.04. The van der Waals surface area contributed by atoms with Gasteiger partial charge in [-0.15, -0.1) is 0 Å². The molecule has 138 valence electrons. The molecule has 0 amide bonds. The summed E-state index contributed by atoms with van der Waals surface area (Å²) in [5.74, 6) is 0. The van der Waals surface area contributed by atoms with Crippen molar-refractivity contribution in [2.24, 2.45) is 0 Å². The normalized spacial score (nSPS) is 20.2. The highest BCUT2D eigenvalue weighted by atomic mass is 16.1. The Labute approximate surface area is 152 Å². The van der Waals surface area contributed by atoms with Crippen LogP contribution in [0.1, 0.15) is 36.9 Å². The van der Waals surface area contributed by atoms with Crippen LogP contribution in [0.4, 0.5) is 0 Å². The van der Waals surface area contributed by atoms with Gasteiger partial charge in [0.25, 0.3) is 5.56 Å². The fraction of sp³-hybridized carbons (Fsp3) is 0.579. The van der Waals surface area contributed by atoms with E-state index in [0.717, 1.165) is 62.9 Å². The molecule has 1 saturated heterocycles. The zero-order valence-electron chi connectivity index (χ0n) is 15.0. The molecule has 0 bridgehead atoms.